The van der Waals surface area contributed by atoms with E-state index in [0.29, 0.717) is 35.9 Å². The average molecular weight is 564 g/mol. The topological polar surface area (TPSA) is 120 Å². The molecule has 0 spiro atoms. The Bertz CT molecular complexity index is 1340. The van der Waals surface area contributed by atoms with Crippen LogP contribution in [0.25, 0.3) is 0 Å². The third kappa shape index (κ3) is 7.01. The van der Waals surface area contributed by atoms with Gasteiger partial charge in [0.2, 0.25) is 5.91 Å². The van der Waals surface area contributed by atoms with Gasteiger partial charge in [0.1, 0.15) is 18.1 Å². The van der Waals surface area contributed by atoms with Crippen LogP contribution in [-0.2, 0) is 34.0 Å². The lowest BCUT2D eigenvalue weighted by Gasteiger charge is -2.40. The molecule has 3 aromatic rings. The van der Waals surface area contributed by atoms with E-state index < -0.39 is 23.5 Å². The molecule has 0 aromatic heterocycles. The fourth-order valence-corrected chi connectivity index (χ4v) is 4.82. The SMILES string of the molecule is COc1ccc2c(c1)OC(=O)[C@@](CCC(N)=O)(NCc1ccc(C(=O)OCc3ccccc3)cc1)N(CCS)C2. The smallest absolute Gasteiger partial charge is 0.347 e. The first-order chi connectivity index (χ1) is 19.3. The van der Waals surface area contributed by atoms with Crippen LogP contribution in [-0.4, -0.2) is 47.8 Å². The van der Waals surface area contributed by atoms with Crippen LogP contribution in [0.1, 0.15) is 39.9 Å². The Morgan fingerprint density at radius 3 is 2.50 bits per heavy atom. The number of carbonyl (C=O) groups excluding carboxylic acids is 3. The van der Waals surface area contributed by atoms with Crippen molar-refractivity contribution in [3.05, 3.63) is 95.1 Å². The number of esters is 2. The number of fused-ring (bicyclic) bond motifs is 1. The number of benzene rings is 3. The maximum absolute atomic E-state index is 13.7. The zero-order valence-corrected chi connectivity index (χ0v) is 23.2. The highest BCUT2D eigenvalue weighted by atomic mass is 32.1. The number of rotatable bonds is 12. The van der Waals surface area contributed by atoms with Gasteiger partial charge in [-0.15, -0.1) is 0 Å². The minimum Gasteiger partial charge on any atom is -0.497 e. The highest BCUT2D eigenvalue weighted by molar-refractivity contribution is 7.80. The van der Waals surface area contributed by atoms with Crippen LogP contribution in [0.4, 0.5) is 0 Å². The molecule has 4 rings (SSSR count). The van der Waals surface area contributed by atoms with Gasteiger partial charge in [-0.05, 0) is 35.7 Å². The van der Waals surface area contributed by atoms with Gasteiger partial charge < -0.3 is 19.9 Å². The monoisotopic (exact) mass is 563 g/mol. The van der Waals surface area contributed by atoms with Crippen LogP contribution in [0, 0.1) is 0 Å². The number of thiol groups is 1. The largest absolute Gasteiger partial charge is 0.497 e. The summed E-state index contributed by atoms with van der Waals surface area (Å²) < 4.78 is 16.6. The predicted octanol–water partition coefficient (Wildman–Crippen LogP) is 3.45. The molecule has 40 heavy (non-hydrogen) atoms. The molecule has 0 radical (unpaired) electrons. The fourth-order valence-electron chi connectivity index (χ4n) is 4.58. The lowest BCUT2D eigenvalue weighted by molar-refractivity contribution is -0.151. The molecule has 1 atom stereocenters. The Morgan fingerprint density at radius 2 is 1.82 bits per heavy atom. The van der Waals surface area contributed by atoms with Crippen molar-refractivity contribution in [1.29, 1.82) is 0 Å². The quantitative estimate of drug-likeness (QED) is 0.174. The van der Waals surface area contributed by atoms with Gasteiger partial charge in [-0.25, -0.2) is 9.59 Å². The first-order valence-corrected chi connectivity index (χ1v) is 13.6. The van der Waals surface area contributed by atoms with Gasteiger partial charge >= 0.3 is 11.9 Å². The summed E-state index contributed by atoms with van der Waals surface area (Å²) >= 11 is 4.42. The molecule has 0 saturated carbocycles. The second-order valence-corrected chi connectivity index (χ2v) is 9.89. The first kappa shape index (κ1) is 29.1. The van der Waals surface area contributed by atoms with Gasteiger partial charge in [0, 0.05) is 43.4 Å². The van der Waals surface area contributed by atoms with Crippen LogP contribution in [0.15, 0.2) is 72.8 Å². The molecule has 0 fully saturated rings. The molecule has 9 nitrogen and oxygen atoms in total. The molecule has 210 valence electrons. The van der Waals surface area contributed by atoms with Crippen LogP contribution in [0.2, 0.25) is 0 Å². The fraction of sp³-hybridized carbons (Fsp3) is 0.300. The van der Waals surface area contributed by atoms with Crippen molar-refractivity contribution in [3.63, 3.8) is 0 Å². The maximum atomic E-state index is 13.7. The van der Waals surface area contributed by atoms with Crippen molar-refractivity contribution in [3.8, 4) is 11.5 Å². The van der Waals surface area contributed by atoms with Gasteiger partial charge in [0.15, 0.2) is 5.66 Å². The number of ether oxygens (including phenoxy) is 3. The number of nitrogens with zero attached hydrogens (tertiary/aromatic N) is 1. The Kier molecular flexibility index (Phi) is 9.81. The number of methoxy groups -OCH3 is 1. The van der Waals surface area contributed by atoms with Gasteiger partial charge in [0.25, 0.3) is 0 Å². The molecule has 1 amide bonds. The van der Waals surface area contributed by atoms with Crippen molar-refractivity contribution >= 4 is 30.5 Å². The predicted molar refractivity (Wildman–Crippen MR) is 153 cm³/mol. The number of nitrogens with one attached hydrogen (secondary N) is 1. The van der Waals surface area contributed by atoms with E-state index in [9.17, 15) is 14.4 Å². The van der Waals surface area contributed by atoms with Crippen molar-refractivity contribution in [2.45, 2.75) is 38.2 Å². The van der Waals surface area contributed by atoms with E-state index in [1.54, 1.807) is 37.4 Å². The molecule has 1 aliphatic rings. The van der Waals surface area contributed by atoms with Crippen LogP contribution in [0.5, 0.6) is 11.5 Å². The van der Waals surface area contributed by atoms with Crippen LogP contribution < -0.4 is 20.5 Å². The van der Waals surface area contributed by atoms with E-state index in [2.05, 4.69) is 17.9 Å². The Labute approximate surface area is 239 Å². The molecule has 10 heteroatoms. The summed E-state index contributed by atoms with van der Waals surface area (Å²) in [5.74, 6) is -0.0765. The molecular formula is C30H33N3O6S. The molecule has 3 N–H and O–H groups in total. The summed E-state index contributed by atoms with van der Waals surface area (Å²) in [5, 5.41) is 3.35. The van der Waals surface area contributed by atoms with Gasteiger partial charge in [0.05, 0.1) is 12.7 Å². The van der Waals surface area contributed by atoms with Gasteiger partial charge in [-0.1, -0.05) is 48.5 Å². The number of hydrogen-bond donors (Lipinski definition) is 3. The Balaban J connectivity index is 1.53. The Hall–Kier alpha value is -3.86. The number of hydrogen-bond acceptors (Lipinski definition) is 9. The molecule has 0 aliphatic carbocycles. The summed E-state index contributed by atoms with van der Waals surface area (Å²) in [4.78, 5) is 40.0. The highest BCUT2D eigenvalue weighted by Crippen LogP contribution is 2.34. The van der Waals surface area contributed by atoms with Crippen molar-refractivity contribution in [1.82, 2.24) is 10.2 Å². The zero-order valence-electron chi connectivity index (χ0n) is 22.3. The van der Waals surface area contributed by atoms with E-state index in [1.165, 1.54) is 0 Å². The molecule has 0 saturated heterocycles. The zero-order chi connectivity index (χ0) is 28.5. The van der Waals surface area contributed by atoms with E-state index in [-0.39, 0.29) is 26.0 Å². The second kappa shape index (κ2) is 13.5. The van der Waals surface area contributed by atoms with E-state index in [0.717, 1.165) is 16.7 Å². The number of carbonyl (C=O) groups is 3. The molecular weight excluding hydrogens is 530 g/mol. The van der Waals surface area contributed by atoms with E-state index >= 15 is 0 Å². The molecule has 3 aromatic carbocycles. The third-order valence-electron chi connectivity index (χ3n) is 6.81. The minimum atomic E-state index is -1.35. The second-order valence-electron chi connectivity index (χ2n) is 9.45. The lowest BCUT2D eigenvalue weighted by Crippen LogP contribution is -2.64. The van der Waals surface area contributed by atoms with Crippen molar-refractivity contribution in [2.24, 2.45) is 5.73 Å². The molecule has 0 bridgehead atoms. The first-order valence-electron chi connectivity index (χ1n) is 12.9. The normalized spacial score (nSPS) is 16.9. The van der Waals surface area contributed by atoms with Gasteiger partial charge in [-0.3, -0.25) is 15.0 Å². The van der Waals surface area contributed by atoms with E-state index in [4.69, 9.17) is 19.9 Å². The molecule has 1 heterocycles. The number of amides is 1. The summed E-state index contributed by atoms with van der Waals surface area (Å²) in [6.07, 6.45) is 0.0704. The molecule has 1 aliphatic heterocycles. The Morgan fingerprint density at radius 1 is 1.07 bits per heavy atom. The summed E-state index contributed by atoms with van der Waals surface area (Å²) in [7, 11) is 1.54. The summed E-state index contributed by atoms with van der Waals surface area (Å²) in [5.41, 5.74) is 7.09. The van der Waals surface area contributed by atoms with Crippen LogP contribution >= 0.6 is 12.6 Å². The van der Waals surface area contributed by atoms with Crippen LogP contribution in [0.3, 0.4) is 0 Å². The van der Waals surface area contributed by atoms with Crippen molar-refractivity contribution in [2.75, 3.05) is 19.4 Å². The van der Waals surface area contributed by atoms with Crippen molar-refractivity contribution < 1.29 is 28.6 Å². The molecule has 0 unspecified atom stereocenters. The standard InChI is InChI=1S/C30H33N3O6S/c1-37-25-12-11-24-19-33(15-16-40)30(14-13-27(31)34,29(36)39-26(24)17-25)32-18-21-7-9-23(10-8-21)28(35)38-20-22-5-3-2-4-6-22/h2-12,17,32,40H,13-16,18-20H2,1H3,(H2,31,34)/t30-/m0/s1. The minimum absolute atomic E-state index is 0.0307. The van der Waals surface area contributed by atoms with E-state index in [1.807, 2.05) is 47.4 Å². The highest BCUT2D eigenvalue weighted by Gasteiger charge is 2.47. The average Bonchev–Trinajstić information content (AvgIpc) is 3.08. The van der Waals surface area contributed by atoms with Gasteiger partial charge in [-0.2, -0.15) is 12.6 Å². The number of nitrogens with two attached hydrogens (primary N) is 1. The summed E-state index contributed by atoms with van der Waals surface area (Å²) in [6.45, 7) is 1.27. The maximum Gasteiger partial charge on any atom is 0.347 e. The third-order valence-corrected chi connectivity index (χ3v) is 7.01. The lowest BCUT2D eigenvalue weighted by atomic mass is 9.99. The summed E-state index contributed by atoms with van der Waals surface area (Å²) in [6, 6.07) is 21.7. The number of primary amides is 1.